The number of nitrogens with zero attached hydrogens (tertiary/aromatic N) is 3. The first-order chi connectivity index (χ1) is 13.4. The van der Waals surface area contributed by atoms with E-state index in [9.17, 15) is 9.18 Å². The molecule has 4 heterocycles. The topological polar surface area (TPSA) is 67.3 Å². The van der Waals surface area contributed by atoms with E-state index in [4.69, 9.17) is 4.74 Å². The Labute approximate surface area is 164 Å². The lowest BCUT2D eigenvalue weighted by Crippen LogP contribution is -2.53. The maximum atomic E-state index is 14.3. The van der Waals surface area contributed by atoms with Crippen molar-refractivity contribution in [2.45, 2.75) is 38.3 Å². The van der Waals surface area contributed by atoms with E-state index in [1.165, 1.54) is 12.4 Å². The van der Waals surface area contributed by atoms with Crippen LogP contribution < -0.4 is 5.32 Å². The van der Waals surface area contributed by atoms with Gasteiger partial charge >= 0.3 is 6.09 Å². The lowest BCUT2D eigenvalue weighted by Gasteiger charge is -2.44. The first-order valence-corrected chi connectivity index (χ1v) is 9.69. The quantitative estimate of drug-likeness (QED) is 0.876. The Morgan fingerprint density at radius 2 is 1.96 bits per heavy atom. The molecule has 28 heavy (non-hydrogen) atoms. The summed E-state index contributed by atoms with van der Waals surface area (Å²) in [4.78, 5) is 22.8. The third kappa shape index (κ3) is 3.85. The number of aromatic nitrogens is 2. The molecule has 0 saturated carbocycles. The molecule has 2 bridgehead atoms. The molecule has 3 saturated heterocycles. The van der Waals surface area contributed by atoms with Crippen LogP contribution >= 0.6 is 0 Å². The number of carbonyl (C=O) groups is 1. The number of rotatable bonds is 4. The first-order valence-electron chi connectivity index (χ1n) is 9.69. The molecule has 1 aromatic carbocycles. The molecule has 3 aliphatic heterocycles. The minimum atomic E-state index is -0.719. The molecule has 1 unspecified atom stereocenters. The smallest absolute Gasteiger partial charge is 0.408 e. The molecule has 0 radical (unpaired) electrons. The predicted molar refractivity (Wildman–Crippen MR) is 103 cm³/mol. The summed E-state index contributed by atoms with van der Waals surface area (Å²) in [6.07, 6.45) is 6.22. The van der Waals surface area contributed by atoms with E-state index < -0.39 is 11.6 Å². The second-order valence-electron chi connectivity index (χ2n) is 8.15. The number of carbonyl (C=O) groups excluding carboxylic acids is 1. The van der Waals surface area contributed by atoms with Crippen LogP contribution in [0.25, 0.3) is 11.1 Å². The number of benzene rings is 1. The molecule has 6 nitrogen and oxygen atoms in total. The van der Waals surface area contributed by atoms with Gasteiger partial charge in [-0.05, 0) is 63.4 Å². The number of hydrogen-bond acceptors (Lipinski definition) is 5. The maximum absolute atomic E-state index is 14.3. The van der Waals surface area contributed by atoms with Gasteiger partial charge in [-0.2, -0.15) is 0 Å². The average molecular weight is 384 g/mol. The van der Waals surface area contributed by atoms with Crippen LogP contribution in [0.4, 0.5) is 9.18 Å². The summed E-state index contributed by atoms with van der Waals surface area (Å²) >= 11 is 0. The van der Waals surface area contributed by atoms with Gasteiger partial charge in [-0.25, -0.2) is 19.2 Å². The Bertz CT molecular complexity index is 851. The lowest BCUT2D eigenvalue weighted by atomic mass is 9.86. The summed E-state index contributed by atoms with van der Waals surface area (Å²) in [5.74, 6) is 0.0959. The van der Waals surface area contributed by atoms with Gasteiger partial charge in [-0.15, -0.1) is 0 Å². The van der Waals surface area contributed by atoms with Gasteiger partial charge in [-0.1, -0.05) is 6.07 Å². The Kier molecular flexibility index (Phi) is 5.02. The SMILES string of the molecule is CC(C)(NC(=O)OC1CN2CCC1CC2)c1ccc(F)c(-c2cncnc2)c1. The van der Waals surface area contributed by atoms with E-state index in [1.807, 2.05) is 13.8 Å². The van der Waals surface area contributed by atoms with Gasteiger partial charge in [0.1, 0.15) is 18.2 Å². The molecule has 2 aromatic rings. The number of alkyl carbamates (subject to hydrolysis) is 1. The first kappa shape index (κ1) is 18.8. The largest absolute Gasteiger partial charge is 0.445 e. The van der Waals surface area contributed by atoms with Crippen molar-refractivity contribution in [3.05, 3.63) is 48.3 Å². The van der Waals surface area contributed by atoms with E-state index in [1.54, 1.807) is 24.5 Å². The van der Waals surface area contributed by atoms with Crippen molar-refractivity contribution in [3.63, 3.8) is 0 Å². The summed E-state index contributed by atoms with van der Waals surface area (Å²) in [5.41, 5.74) is 1.05. The highest BCUT2D eigenvalue weighted by atomic mass is 19.1. The zero-order valence-electron chi connectivity index (χ0n) is 16.2. The van der Waals surface area contributed by atoms with Crippen molar-refractivity contribution in [1.29, 1.82) is 0 Å². The lowest BCUT2D eigenvalue weighted by molar-refractivity contribution is -0.0349. The van der Waals surface area contributed by atoms with Crippen molar-refractivity contribution in [2.24, 2.45) is 5.92 Å². The van der Waals surface area contributed by atoms with E-state index in [0.29, 0.717) is 17.0 Å². The van der Waals surface area contributed by atoms with Gasteiger partial charge in [0, 0.05) is 30.1 Å². The van der Waals surface area contributed by atoms with E-state index >= 15 is 0 Å². The Balaban J connectivity index is 1.48. The molecule has 3 fully saturated rings. The van der Waals surface area contributed by atoms with Gasteiger partial charge in [0.15, 0.2) is 0 Å². The van der Waals surface area contributed by atoms with Gasteiger partial charge in [0.05, 0.1) is 5.54 Å². The normalized spacial score (nSPS) is 24.0. The van der Waals surface area contributed by atoms with Crippen LogP contribution in [0.5, 0.6) is 0 Å². The molecule has 1 aromatic heterocycles. The third-order valence-electron chi connectivity index (χ3n) is 5.83. The zero-order valence-corrected chi connectivity index (χ0v) is 16.2. The molecule has 1 amide bonds. The molecular weight excluding hydrogens is 359 g/mol. The molecular formula is C21H25FN4O2. The van der Waals surface area contributed by atoms with E-state index in [-0.39, 0.29) is 11.9 Å². The highest BCUT2D eigenvalue weighted by Gasteiger charge is 2.37. The fourth-order valence-electron chi connectivity index (χ4n) is 4.11. The van der Waals surface area contributed by atoms with Crippen molar-refractivity contribution in [3.8, 4) is 11.1 Å². The molecule has 0 aliphatic carbocycles. The van der Waals surface area contributed by atoms with Crippen LogP contribution in [0.2, 0.25) is 0 Å². The van der Waals surface area contributed by atoms with Crippen LogP contribution in [-0.4, -0.2) is 46.7 Å². The van der Waals surface area contributed by atoms with Crippen LogP contribution in [0, 0.1) is 11.7 Å². The van der Waals surface area contributed by atoms with E-state index in [0.717, 1.165) is 38.0 Å². The minimum absolute atomic E-state index is 0.0523. The number of ether oxygens (including phenoxy) is 1. The number of piperidine rings is 3. The van der Waals surface area contributed by atoms with Gasteiger partial charge in [-0.3, -0.25) is 4.90 Å². The second-order valence-corrected chi connectivity index (χ2v) is 8.15. The standard InChI is InChI=1S/C21H25FN4O2/c1-21(2,25-20(27)28-19-12-26-7-5-14(19)6-8-26)16-3-4-18(22)17(9-16)15-10-23-13-24-11-15/h3-4,9-11,13-14,19H,5-8,12H2,1-2H3,(H,25,27). The summed E-state index contributed by atoms with van der Waals surface area (Å²) in [6.45, 7) is 6.76. The molecule has 1 N–H and O–H groups in total. The Morgan fingerprint density at radius 1 is 1.25 bits per heavy atom. The fraction of sp³-hybridized carbons (Fsp3) is 0.476. The molecule has 1 atom stereocenters. The molecule has 7 heteroatoms. The number of nitrogens with one attached hydrogen (secondary N) is 1. The zero-order chi connectivity index (χ0) is 19.7. The Morgan fingerprint density at radius 3 is 2.61 bits per heavy atom. The van der Waals surface area contributed by atoms with Crippen molar-refractivity contribution < 1.29 is 13.9 Å². The number of amides is 1. The summed E-state index contributed by atoms with van der Waals surface area (Å²) in [5, 5.41) is 2.94. The molecule has 0 spiro atoms. The summed E-state index contributed by atoms with van der Waals surface area (Å²) < 4.78 is 20.1. The molecule has 148 valence electrons. The van der Waals surface area contributed by atoms with Crippen LogP contribution in [0.15, 0.2) is 36.9 Å². The highest BCUT2D eigenvalue weighted by molar-refractivity contribution is 5.69. The third-order valence-corrected chi connectivity index (χ3v) is 5.83. The van der Waals surface area contributed by atoms with Crippen molar-refractivity contribution in [1.82, 2.24) is 20.2 Å². The van der Waals surface area contributed by atoms with Gasteiger partial charge in [0.25, 0.3) is 0 Å². The maximum Gasteiger partial charge on any atom is 0.408 e. The van der Waals surface area contributed by atoms with E-state index in [2.05, 4.69) is 20.2 Å². The van der Waals surface area contributed by atoms with Crippen molar-refractivity contribution >= 4 is 6.09 Å². The van der Waals surface area contributed by atoms with Crippen LogP contribution in [0.1, 0.15) is 32.3 Å². The minimum Gasteiger partial charge on any atom is -0.445 e. The number of fused-ring (bicyclic) bond motifs is 3. The molecule has 3 aliphatic rings. The summed E-state index contributed by atoms with van der Waals surface area (Å²) in [6, 6.07) is 4.81. The average Bonchev–Trinajstić information content (AvgIpc) is 2.69. The monoisotopic (exact) mass is 384 g/mol. The van der Waals surface area contributed by atoms with Gasteiger partial charge < -0.3 is 10.1 Å². The van der Waals surface area contributed by atoms with Crippen molar-refractivity contribution in [2.75, 3.05) is 19.6 Å². The van der Waals surface area contributed by atoms with Crippen LogP contribution in [-0.2, 0) is 10.3 Å². The molecule has 5 rings (SSSR count). The summed E-state index contributed by atoms with van der Waals surface area (Å²) in [7, 11) is 0. The van der Waals surface area contributed by atoms with Gasteiger partial charge in [0.2, 0.25) is 0 Å². The number of hydrogen-bond donors (Lipinski definition) is 1. The highest BCUT2D eigenvalue weighted by Crippen LogP contribution is 2.31. The Hall–Kier alpha value is -2.54. The van der Waals surface area contributed by atoms with Crippen LogP contribution in [0.3, 0.4) is 0 Å². The second kappa shape index (κ2) is 7.47. The predicted octanol–water partition coefficient (Wildman–Crippen LogP) is 3.34. The number of halogens is 1. The fourth-order valence-corrected chi connectivity index (χ4v) is 4.11.